The van der Waals surface area contributed by atoms with E-state index in [1.807, 2.05) is 0 Å². The zero-order valence-electron chi connectivity index (χ0n) is 13.3. The van der Waals surface area contributed by atoms with Crippen LogP contribution in [0, 0.1) is 0 Å². The zero-order chi connectivity index (χ0) is 14.2. The fraction of sp³-hybridized carbons (Fsp3) is 0.100. The minimum absolute atomic E-state index is 0. The molecule has 4 heteroatoms. The minimum Gasteiger partial charge on any atom is -1.00 e. The van der Waals surface area contributed by atoms with Crippen LogP contribution in [0.15, 0.2) is 72.8 Å². The summed E-state index contributed by atoms with van der Waals surface area (Å²) in [6, 6.07) is 26.8. The van der Waals surface area contributed by atoms with Gasteiger partial charge in [0.15, 0.2) is 0 Å². The minimum atomic E-state index is -0.242. The number of benzene rings is 2. The Kier molecular flexibility index (Phi) is 8.36. The van der Waals surface area contributed by atoms with Gasteiger partial charge in [-0.25, -0.2) is 0 Å². The van der Waals surface area contributed by atoms with Crippen molar-refractivity contribution in [1.29, 1.82) is 0 Å². The van der Waals surface area contributed by atoms with Crippen molar-refractivity contribution in [3.8, 4) is 0 Å². The van der Waals surface area contributed by atoms with Crippen molar-refractivity contribution in [2.75, 3.05) is 6.16 Å². The maximum absolute atomic E-state index is 2.38. The van der Waals surface area contributed by atoms with E-state index in [0.717, 1.165) is 0 Å². The van der Waals surface area contributed by atoms with Crippen LogP contribution in [-0.4, -0.2) is 6.16 Å². The second kappa shape index (κ2) is 9.30. The summed E-state index contributed by atoms with van der Waals surface area (Å²) in [4.78, 5) is 0. The Bertz CT molecular complexity index is 770. The molecule has 0 heterocycles. The first-order valence-electron chi connectivity index (χ1n) is 7.43. The molecule has 0 aromatic heterocycles. The van der Waals surface area contributed by atoms with Crippen LogP contribution in [0.3, 0.4) is 0 Å². The van der Waals surface area contributed by atoms with Crippen LogP contribution in [0.5, 0.6) is 0 Å². The maximum Gasteiger partial charge on any atom is 4.00 e. The summed E-state index contributed by atoms with van der Waals surface area (Å²) >= 11 is 0. The molecule has 0 amide bonds. The molecule has 0 aliphatic rings. The van der Waals surface area contributed by atoms with E-state index >= 15 is 0 Å². The summed E-state index contributed by atoms with van der Waals surface area (Å²) in [6.07, 6.45) is 1.20. The molecule has 4 aromatic rings. The smallest absolute Gasteiger partial charge is 1.00 e. The molecule has 0 spiro atoms. The largest absolute Gasteiger partial charge is 4.00 e. The van der Waals surface area contributed by atoms with Gasteiger partial charge in [0, 0.05) is 0 Å². The third-order valence-corrected chi connectivity index (χ3v) is 6.54. The molecule has 0 unspecified atom stereocenters. The fourth-order valence-electron chi connectivity index (χ4n) is 3.09. The summed E-state index contributed by atoms with van der Waals surface area (Å²) in [5.74, 6) is 0. The molecule has 0 saturated heterocycles. The number of hydrogen-bond donors (Lipinski definition) is 0. The van der Waals surface area contributed by atoms with Gasteiger partial charge >= 0.3 is 25.8 Å². The number of halogens is 2. The van der Waals surface area contributed by atoms with Gasteiger partial charge in [-0.05, 0) is 6.16 Å². The standard InChI is InChI=1S/C20H17P.2ClH.Hf/c1-2-21(19-11-15-7-3-4-8-16(15)12-19)20-13-17-9-5-6-10-18(17)14-20;;;/h3-14H,2H2,1H3;2*1H;/q-2;;;+4/p-2. The molecule has 0 bridgehead atoms. The van der Waals surface area contributed by atoms with Crippen molar-refractivity contribution in [2.24, 2.45) is 0 Å². The predicted molar refractivity (Wildman–Crippen MR) is 95.8 cm³/mol. The van der Waals surface area contributed by atoms with E-state index in [-0.39, 0.29) is 58.6 Å². The zero-order valence-corrected chi connectivity index (χ0v) is 19.3. The van der Waals surface area contributed by atoms with Crippen LogP contribution in [-0.2, 0) is 25.8 Å². The predicted octanol–water partition coefficient (Wildman–Crippen LogP) is -1.11. The third kappa shape index (κ3) is 4.02. The fourth-order valence-corrected chi connectivity index (χ4v) is 5.30. The van der Waals surface area contributed by atoms with Gasteiger partial charge in [-0.3, -0.25) is 0 Å². The van der Waals surface area contributed by atoms with Gasteiger partial charge in [0.2, 0.25) is 0 Å². The van der Waals surface area contributed by atoms with Gasteiger partial charge in [-0.1, -0.05) is 27.0 Å². The van der Waals surface area contributed by atoms with Crippen LogP contribution in [0.4, 0.5) is 0 Å². The van der Waals surface area contributed by atoms with Crippen molar-refractivity contribution in [2.45, 2.75) is 6.92 Å². The Labute approximate surface area is 175 Å². The van der Waals surface area contributed by atoms with Crippen LogP contribution in [0.2, 0.25) is 0 Å². The molecule has 0 atom stereocenters. The molecule has 0 saturated carbocycles. The van der Waals surface area contributed by atoms with Gasteiger partial charge in [0.1, 0.15) is 0 Å². The van der Waals surface area contributed by atoms with E-state index in [0.29, 0.717) is 0 Å². The quantitative estimate of drug-likeness (QED) is 0.177. The van der Waals surface area contributed by atoms with E-state index < -0.39 is 0 Å². The van der Waals surface area contributed by atoms with Crippen LogP contribution >= 0.6 is 7.92 Å². The summed E-state index contributed by atoms with van der Waals surface area (Å²) in [5.41, 5.74) is 0. The second-order valence-electron chi connectivity index (χ2n) is 5.43. The Morgan fingerprint density at radius 2 is 1.17 bits per heavy atom. The molecule has 0 fully saturated rings. The van der Waals surface area contributed by atoms with E-state index in [9.17, 15) is 0 Å². The summed E-state index contributed by atoms with van der Waals surface area (Å²) in [6.45, 7) is 2.31. The van der Waals surface area contributed by atoms with Gasteiger partial charge in [-0.15, -0.1) is 80.7 Å². The van der Waals surface area contributed by atoms with Gasteiger partial charge in [-0.2, -0.15) is 12.1 Å². The second-order valence-corrected chi connectivity index (χ2v) is 7.95. The van der Waals surface area contributed by atoms with Crippen molar-refractivity contribution in [1.82, 2.24) is 0 Å². The third-order valence-electron chi connectivity index (χ3n) is 4.15. The Morgan fingerprint density at radius 3 is 1.54 bits per heavy atom. The normalized spacial score (nSPS) is 10.2. The average molecular weight is 538 g/mol. The van der Waals surface area contributed by atoms with E-state index in [1.165, 1.54) is 38.3 Å². The number of fused-ring (bicyclic) bond motifs is 2. The molecule has 0 radical (unpaired) electrons. The van der Waals surface area contributed by atoms with Crippen molar-refractivity contribution in [3.63, 3.8) is 0 Å². The molecule has 24 heavy (non-hydrogen) atoms. The van der Waals surface area contributed by atoms with Crippen molar-refractivity contribution >= 4 is 40.1 Å². The average Bonchev–Trinajstić information content (AvgIpc) is 3.11. The molecule has 0 aliphatic carbocycles. The molecule has 4 aromatic carbocycles. The Morgan fingerprint density at radius 1 is 0.750 bits per heavy atom. The topological polar surface area (TPSA) is 0 Å². The summed E-state index contributed by atoms with van der Waals surface area (Å²) in [5, 5.41) is 8.47. The molecule has 120 valence electrons. The Balaban J connectivity index is 0.000000960. The monoisotopic (exact) mass is 538 g/mol. The van der Waals surface area contributed by atoms with Gasteiger partial charge < -0.3 is 24.8 Å². The van der Waals surface area contributed by atoms with Gasteiger partial charge in [0.05, 0.1) is 0 Å². The van der Waals surface area contributed by atoms with Crippen LogP contribution < -0.4 is 35.4 Å². The van der Waals surface area contributed by atoms with Crippen molar-refractivity contribution in [3.05, 3.63) is 72.8 Å². The maximum atomic E-state index is 2.38. The molecule has 0 aliphatic heterocycles. The van der Waals surface area contributed by atoms with Gasteiger partial charge in [0.25, 0.3) is 0 Å². The van der Waals surface area contributed by atoms with E-state index in [1.54, 1.807) is 0 Å². The summed E-state index contributed by atoms with van der Waals surface area (Å²) in [7, 11) is -0.242. The molecular weight excluding hydrogens is 521 g/mol. The SMILES string of the molecule is CCP(c1cc2ccccc2[cH-]1)c1cc2ccccc2[cH-]1.[Cl-].[Cl-].[Hf+4]. The van der Waals surface area contributed by atoms with Crippen molar-refractivity contribution < 1.29 is 50.7 Å². The van der Waals surface area contributed by atoms with Crippen LogP contribution in [0.1, 0.15) is 6.92 Å². The molecule has 4 rings (SSSR count). The molecule has 0 N–H and O–H groups in total. The first-order chi connectivity index (χ1) is 10.3. The number of hydrogen-bond acceptors (Lipinski definition) is 0. The molecule has 0 nitrogen and oxygen atoms in total. The number of rotatable bonds is 3. The molecular formula is C20H17Cl2HfP. The summed E-state index contributed by atoms with van der Waals surface area (Å²) < 4.78 is 0. The Hall–Kier alpha value is -0.460. The van der Waals surface area contributed by atoms with E-state index in [4.69, 9.17) is 0 Å². The van der Waals surface area contributed by atoms with Crippen LogP contribution in [0.25, 0.3) is 21.5 Å². The first kappa shape index (κ1) is 21.6. The first-order valence-corrected chi connectivity index (χ1v) is 8.96. The van der Waals surface area contributed by atoms with E-state index in [2.05, 4.69) is 79.7 Å².